The Morgan fingerprint density at radius 2 is 1.94 bits per heavy atom. The van der Waals surface area contributed by atoms with Crippen molar-refractivity contribution in [1.29, 1.82) is 0 Å². The second-order valence-electron chi connectivity index (χ2n) is 8.53. The number of nitrogens with one attached hydrogen (secondary N) is 1. The summed E-state index contributed by atoms with van der Waals surface area (Å²) in [7, 11) is -0.162. The number of sulfonamides is 1. The molecule has 168 valence electrons. The lowest BCUT2D eigenvalue weighted by Gasteiger charge is -2.27. The number of fused-ring (bicyclic) bond motifs is 1. The van der Waals surface area contributed by atoms with Crippen molar-refractivity contribution in [1.82, 2.24) is 9.88 Å². The van der Waals surface area contributed by atoms with Crippen LogP contribution in [0.3, 0.4) is 0 Å². The fraction of sp³-hybridized carbons (Fsp3) is 0.522. The van der Waals surface area contributed by atoms with E-state index in [9.17, 15) is 8.42 Å². The smallest absolute Gasteiger partial charge is 0.262 e. The predicted octanol–water partition coefficient (Wildman–Crippen LogP) is 3.20. The van der Waals surface area contributed by atoms with Crippen LogP contribution in [0.5, 0.6) is 5.88 Å². The van der Waals surface area contributed by atoms with Gasteiger partial charge in [0.15, 0.2) is 0 Å². The predicted molar refractivity (Wildman–Crippen MR) is 120 cm³/mol. The third kappa shape index (κ3) is 5.02. The molecule has 2 atom stereocenters. The standard InChI is InChI=1S/C23H31N3O4S/c1-16-14-18(10-13-30-16)17-4-6-20(7-5-17)31(27,28)25-22-15-19-8-11-26(2)12-9-21(19)24-23(22)29-3/h4-7,15-16,18,25H,8-14H2,1-3H3/t16-,18+/m1/s1. The first-order valence-corrected chi connectivity index (χ1v) is 12.3. The van der Waals surface area contributed by atoms with Crippen molar-refractivity contribution in [3.8, 4) is 5.88 Å². The van der Waals surface area contributed by atoms with E-state index in [1.165, 1.54) is 7.11 Å². The fourth-order valence-corrected chi connectivity index (χ4v) is 5.43. The molecule has 1 fully saturated rings. The van der Waals surface area contributed by atoms with E-state index < -0.39 is 10.0 Å². The molecule has 0 radical (unpaired) electrons. The Labute approximate surface area is 184 Å². The number of rotatable bonds is 5. The van der Waals surface area contributed by atoms with Crippen molar-refractivity contribution in [3.05, 3.63) is 47.2 Å². The van der Waals surface area contributed by atoms with Crippen LogP contribution in [-0.2, 0) is 27.6 Å². The number of likely N-dealkylation sites (N-methyl/N-ethyl adjacent to an activating group) is 1. The first-order chi connectivity index (χ1) is 14.9. The first kappa shape index (κ1) is 22.0. The maximum Gasteiger partial charge on any atom is 0.262 e. The molecular formula is C23H31N3O4S. The van der Waals surface area contributed by atoms with E-state index in [4.69, 9.17) is 9.47 Å². The second-order valence-corrected chi connectivity index (χ2v) is 10.2. The lowest BCUT2D eigenvalue weighted by Crippen LogP contribution is -2.21. The molecule has 1 aromatic heterocycles. The van der Waals surface area contributed by atoms with Gasteiger partial charge >= 0.3 is 0 Å². The molecule has 0 amide bonds. The summed E-state index contributed by atoms with van der Waals surface area (Å²) in [6, 6.07) is 9.06. The van der Waals surface area contributed by atoms with Crippen LogP contribution in [-0.4, -0.2) is 58.3 Å². The van der Waals surface area contributed by atoms with Crippen LogP contribution in [0.15, 0.2) is 35.2 Å². The van der Waals surface area contributed by atoms with Crippen LogP contribution in [0.2, 0.25) is 0 Å². The maximum absolute atomic E-state index is 13.1. The quantitative estimate of drug-likeness (QED) is 0.761. The molecule has 1 N–H and O–H groups in total. The summed E-state index contributed by atoms with van der Waals surface area (Å²) in [6.45, 7) is 4.66. The van der Waals surface area contributed by atoms with Gasteiger partial charge in [0.1, 0.15) is 5.69 Å². The largest absolute Gasteiger partial charge is 0.479 e. The van der Waals surface area contributed by atoms with Gasteiger partial charge in [0, 0.05) is 31.8 Å². The molecule has 0 bridgehead atoms. The first-order valence-electron chi connectivity index (χ1n) is 10.9. The van der Waals surface area contributed by atoms with E-state index >= 15 is 0 Å². The van der Waals surface area contributed by atoms with Crippen molar-refractivity contribution >= 4 is 15.7 Å². The number of hydrogen-bond acceptors (Lipinski definition) is 6. The average Bonchev–Trinajstić information content (AvgIpc) is 2.94. The van der Waals surface area contributed by atoms with Gasteiger partial charge in [0.05, 0.1) is 18.1 Å². The molecular weight excluding hydrogens is 414 g/mol. The Balaban J connectivity index is 1.56. The third-order valence-electron chi connectivity index (χ3n) is 6.23. The van der Waals surface area contributed by atoms with Gasteiger partial charge in [-0.05, 0) is 68.5 Å². The molecule has 0 unspecified atom stereocenters. The van der Waals surface area contributed by atoms with E-state index in [0.717, 1.165) is 62.2 Å². The Morgan fingerprint density at radius 3 is 2.65 bits per heavy atom. The topological polar surface area (TPSA) is 80.8 Å². The number of nitrogens with zero attached hydrogens (tertiary/aromatic N) is 2. The van der Waals surface area contributed by atoms with Crippen LogP contribution in [0.4, 0.5) is 5.69 Å². The van der Waals surface area contributed by atoms with Gasteiger partial charge in [-0.2, -0.15) is 0 Å². The lowest BCUT2D eigenvalue weighted by atomic mass is 9.89. The minimum absolute atomic E-state index is 0.230. The van der Waals surface area contributed by atoms with Gasteiger partial charge < -0.3 is 14.4 Å². The summed E-state index contributed by atoms with van der Waals surface area (Å²) in [5, 5.41) is 0. The van der Waals surface area contributed by atoms with E-state index in [-0.39, 0.29) is 11.0 Å². The lowest BCUT2D eigenvalue weighted by molar-refractivity contribution is 0.0186. The van der Waals surface area contributed by atoms with E-state index in [0.29, 0.717) is 17.5 Å². The molecule has 2 aromatic rings. The number of anilines is 1. The number of benzene rings is 1. The van der Waals surface area contributed by atoms with E-state index in [2.05, 4.69) is 28.6 Å². The summed E-state index contributed by atoms with van der Waals surface area (Å²) in [6.07, 6.45) is 3.80. The van der Waals surface area contributed by atoms with Crippen molar-refractivity contribution in [2.45, 2.75) is 49.5 Å². The maximum atomic E-state index is 13.1. The minimum atomic E-state index is -3.76. The van der Waals surface area contributed by atoms with Crippen molar-refractivity contribution in [3.63, 3.8) is 0 Å². The normalized spacial score (nSPS) is 22.4. The van der Waals surface area contributed by atoms with Crippen molar-refractivity contribution < 1.29 is 17.9 Å². The van der Waals surface area contributed by atoms with E-state index in [1.54, 1.807) is 12.1 Å². The Morgan fingerprint density at radius 1 is 1.19 bits per heavy atom. The van der Waals surface area contributed by atoms with Gasteiger partial charge in [0.25, 0.3) is 10.0 Å². The molecule has 1 aromatic carbocycles. The number of methoxy groups -OCH3 is 1. The summed E-state index contributed by atoms with van der Waals surface area (Å²) in [5.74, 6) is 0.708. The molecule has 2 aliphatic heterocycles. The van der Waals surface area contributed by atoms with Crippen molar-refractivity contribution in [2.24, 2.45) is 0 Å². The molecule has 0 aliphatic carbocycles. The molecule has 31 heavy (non-hydrogen) atoms. The highest BCUT2D eigenvalue weighted by Gasteiger charge is 2.23. The average molecular weight is 446 g/mol. The number of hydrogen-bond donors (Lipinski definition) is 1. The van der Waals surface area contributed by atoms with Crippen LogP contribution in [0, 0.1) is 0 Å². The Bertz CT molecular complexity index is 1020. The van der Waals surface area contributed by atoms with Gasteiger partial charge in [-0.25, -0.2) is 13.4 Å². The zero-order chi connectivity index (χ0) is 22.0. The zero-order valence-electron chi connectivity index (χ0n) is 18.4. The molecule has 8 heteroatoms. The number of aromatic nitrogens is 1. The van der Waals surface area contributed by atoms with Gasteiger partial charge in [-0.3, -0.25) is 4.72 Å². The monoisotopic (exact) mass is 445 g/mol. The number of pyridine rings is 1. The molecule has 0 spiro atoms. The summed E-state index contributed by atoms with van der Waals surface area (Å²) in [4.78, 5) is 7.08. The van der Waals surface area contributed by atoms with Gasteiger partial charge in [0.2, 0.25) is 5.88 Å². The SMILES string of the molecule is COc1nc2c(cc1NS(=O)(=O)c1ccc([C@H]3CCO[C@H](C)C3)cc1)CCN(C)CC2. The third-order valence-corrected chi connectivity index (χ3v) is 7.62. The Kier molecular flexibility index (Phi) is 6.50. The number of ether oxygens (including phenoxy) is 2. The van der Waals surface area contributed by atoms with Crippen LogP contribution in [0.25, 0.3) is 0 Å². The van der Waals surface area contributed by atoms with Crippen molar-refractivity contribution in [2.75, 3.05) is 38.6 Å². The summed E-state index contributed by atoms with van der Waals surface area (Å²) >= 11 is 0. The summed E-state index contributed by atoms with van der Waals surface area (Å²) in [5.41, 5.74) is 3.57. The highest BCUT2D eigenvalue weighted by Crippen LogP contribution is 2.32. The highest BCUT2D eigenvalue weighted by molar-refractivity contribution is 7.92. The van der Waals surface area contributed by atoms with Crippen LogP contribution >= 0.6 is 0 Å². The molecule has 0 saturated carbocycles. The highest BCUT2D eigenvalue weighted by atomic mass is 32.2. The fourth-order valence-electron chi connectivity index (χ4n) is 4.38. The zero-order valence-corrected chi connectivity index (χ0v) is 19.2. The summed E-state index contributed by atoms with van der Waals surface area (Å²) < 4.78 is 39.9. The molecule has 4 rings (SSSR count). The molecule has 7 nitrogen and oxygen atoms in total. The molecule has 3 heterocycles. The Hall–Kier alpha value is -2.16. The van der Waals surface area contributed by atoms with Gasteiger partial charge in [-0.15, -0.1) is 0 Å². The second kappa shape index (κ2) is 9.14. The molecule has 2 aliphatic rings. The van der Waals surface area contributed by atoms with Crippen LogP contribution < -0.4 is 9.46 Å². The van der Waals surface area contributed by atoms with E-state index in [1.807, 2.05) is 18.2 Å². The molecule has 1 saturated heterocycles. The van der Waals surface area contributed by atoms with Crippen LogP contribution in [0.1, 0.15) is 42.5 Å². The van der Waals surface area contributed by atoms with Gasteiger partial charge in [-0.1, -0.05) is 12.1 Å². The minimum Gasteiger partial charge on any atom is -0.479 e.